The molecule has 164 valence electrons. The maximum Gasteiger partial charge on any atom is 0.227 e. The molecule has 2 heterocycles. The van der Waals surface area contributed by atoms with Gasteiger partial charge >= 0.3 is 0 Å². The second-order valence-electron chi connectivity index (χ2n) is 8.25. The first-order valence-electron chi connectivity index (χ1n) is 10.7. The van der Waals surface area contributed by atoms with Crippen LogP contribution in [0.5, 0.6) is 5.75 Å². The summed E-state index contributed by atoms with van der Waals surface area (Å²) in [5.41, 5.74) is 2.31. The molecule has 0 N–H and O–H groups in total. The smallest absolute Gasteiger partial charge is 0.227 e. The molecule has 1 amide bonds. The van der Waals surface area contributed by atoms with Crippen LogP contribution in [0.3, 0.4) is 0 Å². The normalized spacial score (nSPS) is 14.3. The van der Waals surface area contributed by atoms with E-state index in [1.165, 1.54) is 25.7 Å². The molecular weight excluding hydrogens is 433 g/mol. The molecule has 3 aromatic rings. The number of fused-ring (bicyclic) bond motifs is 1. The van der Waals surface area contributed by atoms with Gasteiger partial charge in [-0.3, -0.25) is 14.1 Å². The molecule has 1 saturated carbocycles. The Hall–Kier alpha value is -2.24. The fourth-order valence-electron chi connectivity index (χ4n) is 4.37. The van der Waals surface area contributed by atoms with Crippen LogP contribution in [0, 0.1) is 12.8 Å². The van der Waals surface area contributed by atoms with Crippen LogP contribution in [-0.4, -0.2) is 22.3 Å². The number of carbonyl (C=O) groups excluding carboxylic acids is 1. The van der Waals surface area contributed by atoms with E-state index >= 15 is 0 Å². The minimum absolute atomic E-state index is 0.121. The van der Waals surface area contributed by atoms with Gasteiger partial charge in [0.2, 0.25) is 5.91 Å². The van der Waals surface area contributed by atoms with Crippen molar-refractivity contribution < 1.29 is 9.53 Å². The number of imidazole rings is 1. The third-order valence-electron chi connectivity index (χ3n) is 6.09. The molecule has 1 aliphatic rings. The number of anilines is 1. The minimum Gasteiger partial charge on any atom is -0.485 e. The van der Waals surface area contributed by atoms with Gasteiger partial charge in [0.15, 0.2) is 11.4 Å². The van der Waals surface area contributed by atoms with Crippen LogP contribution >= 0.6 is 23.2 Å². The SMILES string of the molecule is Cc1nc2c(OCc3ccc(Cl)cc3Cl)cccn2c1N(C)C(=O)CCC1CCCC1. The van der Waals surface area contributed by atoms with Crippen molar-refractivity contribution in [3.05, 3.63) is 57.8 Å². The Morgan fingerprint density at radius 1 is 1.26 bits per heavy atom. The molecule has 1 aliphatic carbocycles. The summed E-state index contributed by atoms with van der Waals surface area (Å²) in [5, 5.41) is 1.15. The highest BCUT2D eigenvalue weighted by Gasteiger charge is 2.22. The largest absolute Gasteiger partial charge is 0.485 e. The summed E-state index contributed by atoms with van der Waals surface area (Å²) < 4.78 is 7.95. The van der Waals surface area contributed by atoms with E-state index in [9.17, 15) is 4.79 Å². The Balaban J connectivity index is 1.52. The van der Waals surface area contributed by atoms with E-state index in [1.807, 2.05) is 42.8 Å². The molecule has 1 aromatic carbocycles. The lowest BCUT2D eigenvalue weighted by Crippen LogP contribution is -2.28. The van der Waals surface area contributed by atoms with Gasteiger partial charge in [-0.25, -0.2) is 4.98 Å². The number of nitrogens with zero attached hydrogens (tertiary/aromatic N) is 3. The number of ether oxygens (including phenoxy) is 1. The average molecular weight is 460 g/mol. The molecule has 4 rings (SSSR count). The highest BCUT2D eigenvalue weighted by Crippen LogP contribution is 2.31. The standard InChI is InChI=1S/C24H27Cl2N3O2/c1-16-24(28(2)22(30)12-9-17-6-3-4-7-17)29-13-5-8-21(23(29)27-16)31-15-18-10-11-19(25)14-20(18)26/h5,8,10-11,13-14,17H,3-4,6-7,9,12,15H2,1-2H3. The first-order valence-corrected chi connectivity index (χ1v) is 11.5. The number of amides is 1. The number of aromatic nitrogens is 2. The van der Waals surface area contributed by atoms with Crippen molar-refractivity contribution >= 4 is 40.6 Å². The van der Waals surface area contributed by atoms with E-state index < -0.39 is 0 Å². The lowest BCUT2D eigenvalue weighted by molar-refractivity contribution is -0.118. The van der Waals surface area contributed by atoms with Crippen molar-refractivity contribution in [2.24, 2.45) is 5.92 Å². The summed E-state index contributed by atoms with van der Waals surface area (Å²) in [6.45, 7) is 2.22. The molecule has 0 spiro atoms. The molecule has 31 heavy (non-hydrogen) atoms. The topological polar surface area (TPSA) is 46.8 Å². The molecule has 0 radical (unpaired) electrons. The highest BCUT2D eigenvalue weighted by molar-refractivity contribution is 6.35. The Bertz CT molecular complexity index is 1090. The molecule has 0 aliphatic heterocycles. The van der Waals surface area contributed by atoms with Gasteiger partial charge in [-0.05, 0) is 43.5 Å². The van der Waals surface area contributed by atoms with Gasteiger partial charge in [-0.1, -0.05) is 55.0 Å². The van der Waals surface area contributed by atoms with E-state index in [4.69, 9.17) is 32.9 Å². The van der Waals surface area contributed by atoms with E-state index in [1.54, 1.807) is 17.0 Å². The molecule has 0 saturated heterocycles. The quantitative estimate of drug-likeness (QED) is 0.407. The van der Waals surface area contributed by atoms with E-state index in [0.717, 1.165) is 23.5 Å². The van der Waals surface area contributed by atoms with Crippen LogP contribution in [0.1, 0.15) is 49.8 Å². The van der Waals surface area contributed by atoms with Crippen molar-refractivity contribution in [3.63, 3.8) is 0 Å². The number of aryl methyl sites for hydroxylation is 1. The number of halogens is 2. The van der Waals surface area contributed by atoms with Crippen LogP contribution in [0.2, 0.25) is 10.0 Å². The van der Waals surface area contributed by atoms with Crippen LogP contribution in [0.25, 0.3) is 5.65 Å². The predicted molar refractivity (Wildman–Crippen MR) is 125 cm³/mol. The second-order valence-corrected chi connectivity index (χ2v) is 9.10. The van der Waals surface area contributed by atoms with Gasteiger partial charge in [-0.2, -0.15) is 0 Å². The second kappa shape index (κ2) is 9.49. The Morgan fingerprint density at radius 3 is 2.77 bits per heavy atom. The number of rotatable bonds is 7. The van der Waals surface area contributed by atoms with Gasteiger partial charge in [-0.15, -0.1) is 0 Å². The summed E-state index contributed by atoms with van der Waals surface area (Å²) in [6, 6.07) is 9.11. The van der Waals surface area contributed by atoms with Crippen molar-refractivity contribution in [3.8, 4) is 5.75 Å². The summed E-state index contributed by atoms with van der Waals surface area (Å²) in [4.78, 5) is 19.3. The predicted octanol–water partition coefficient (Wildman–Crippen LogP) is 6.46. The molecule has 0 unspecified atom stereocenters. The molecule has 1 fully saturated rings. The van der Waals surface area contributed by atoms with Crippen molar-refractivity contribution in [2.45, 2.75) is 52.1 Å². The third-order valence-corrected chi connectivity index (χ3v) is 6.67. The van der Waals surface area contributed by atoms with Gasteiger partial charge < -0.3 is 4.74 Å². The van der Waals surface area contributed by atoms with Gasteiger partial charge in [0, 0.05) is 35.3 Å². The number of hydrogen-bond donors (Lipinski definition) is 0. The van der Waals surface area contributed by atoms with Crippen LogP contribution in [-0.2, 0) is 11.4 Å². The van der Waals surface area contributed by atoms with Crippen LogP contribution in [0.15, 0.2) is 36.5 Å². The zero-order valence-electron chi connectivity index (χ0n) is 17.9. The summed E-state index contributed by atoms with van der Waals surface area (Å²) in [7, 11) is 1.83. The number of carbonyl (C=O) groups is 1. The van der Waals surface area contributed by atoms with Crippen molar-refractivity contribution in [2.75, 3.05) is 11.9 Å². The molecule has 7 heteroatoms. The summed E-state index contributed by atoms with van der Waals surface area (Å²) in [5.74, 6) is 2.23. The maximum absolute atomic E-state index is 12.9. The van der Waals surface area contributed by atoms with E-state index in [-0.39, 0.29) is 5.91 Å². The third kappa shape index (κ3) is 4.83. The fraction of sp³-hybridized carbons (Fsp3) is 0.417. The molecule has 2 aromatic heterocycles. The summed E-state index contributed by atoms with van der Waals surface area (Å²) in [6.07, 6.45) is 8.55. The first kappa shape index (κ1) is 22.0. The van der Waals surface area contributed by atoms with E-state index in [2.05, 4.69) is 0 Å². The highest BCUT2D eigenvalue weighted by atomic mass is 35.5. The van der Waals surface area contributed by atoms with Gasteiger partial charge in [0.05, 0.1) is 5.69 Å². The Kier molecular flexibility index (Phi) is 6.73. The fourth-order valence-corrected chi connectivity index (χ4v) is 4.83. The number of benzene rings is 1. The number of pyridine rings is 1. The molecular formula is C24H27Cl2N3O2. The van der Waals surface area contributed by atoms with Crippen molar-refractivity contribution in [1.29, 1.82) is 0 Å². The Labute approximate surface area is 192 Å². The number of hydrogen-bond acceptors (Lipinski definition) is 3. The summed E-state index contributed by atoms with van der Waals surface area (Å²) >= 11 is 12.2. The van der Waals surface area contributed by atoms with Crippen LogP contribution < -0.4 is 9.64 Å². The zero-order chi connectivity index (χ0) is 22.0. The monoisotopic (exact) mass is 459 g/mol. The van der Waals surface area contributed by atoms with Crippen LogP contribution in [0.4, 0.5) is 5.82 Å². The zero-order valence-corrected chi connectivity index (χ0v) is 19.4. The lowest BCUT2D eigenvalue weighted by atomic mass is 10.0. The average Bonchev–Trinajstić information content (AvgIpc) is 3.38. The molecule has 0 atom stereocenters. The lowest BCUT2D eigenvalue weighted by Gasteiger charge is -2.19. The Morgan fingerprint density at radius 2 is 2.03 bits per heavy atom. The minimum atomic E-state index is 0.121. The molecule has 0 bridgehead atoms. The molecule has 5 nitrogen and oxygen atoms in total. The van der Waals surface area contributed by atoms with Gasteiger partial charge in [0.1, 0.15) is 12.4 Å². The van der Waals surface area contributed by atoms with Crippen molar-refractivity contribution in [1.82, 2.24) is 9.38 Å². The van der Waals surface area contributed by atoms with E-state index in [0.29, 0.717) is 40.4 Å². The maximum atomic E-state index is 12.9. The van der Waals surface area contributed by atoms with Gasteiger partial charge in [0.25, 0.3) is 0 Å². The first-order chi connectivity index (χ1) is 14.9.